The molecule has 1 heterocycles. The molecule has 4 nitrogen and oxygen atoms in total. The summed E-state index contributed by atoms with van der Waals surface area (Å²) in [6.45, 7) is 0. The molecule has 0 atom stereocenters. The zero-order valence-corrected chi connectivity index (χ0v) is 10.7. The van der Waals surface area contributed by atoms with Crippen molar-refractivity contribution < 1.29 is 4.84 Å². The molecule has 0 unspecified atom stereocenters. The third kappa shape index (κ3) is 2.92. The van der Waals surface area contributed by atoms with Crippen molar-refractivity contribution >= 4 is 5.69 Å². The van der Waals surface area contributed by atoms with Gasteiger partial charge in [-0.3, -0.25) is 0 Å². The van der Waals surface area contributed by atoms with E-state index in [-0.39, 0.29) is 6.01 Å². The van der Waals surface area contributed by atoms with Crippen LogP contribution < -0.4 is 10.3 Å². The molecule has 0 aliphatic heterocycles. The fourth-order valence-corrected chi connectivity index (χ4v) is 1.76. The summed E-state index contributed by atoms with van der Waals surface area (Å²) in [5, 5.41) is 0. The molecule has 0 saturated carbocycles. The number of rotatable bonds is 4. The van der Waals surface area contributed by atoms with Gasteiger partial charge in [-0.05, 0) is 17.7 Å². The molecule has 20 heavy (non-hydrogen) atoms. The van der Waals surface area contributed by atoms with E-state index in [1.165, 1.54) is 0 Å². The van der Waals surface area contributed by atoms with Crippen molar-refractivity contribution in [3.63, 3.8) is 0 Å². The third-order valence-corrected chi connectivity index (χ3v) is 2.77. The SMILES string of the molecule is c1ccc(NOc2ncc(-c3ccccc3)cn2)cc1. The van der Waals surface area contributed by atoms with Gasteiger partial charge in [0.1, 0.15) is 0 Å². The topological polar surface area (TPSA) is 47.0 Å². The van der Waals surface area contributed by atoms with Gasteiger partial charge in [0.2, 0.25) is 0 Å². The smallest absolute Gasteiger partial charge is 0.340 e. The van der Waals surface area contributed by atoms with Crippen LogP contribution in [0.25, 0.3) is 11.1 Å². The monoisotopic (exact) mass is 263 g/mol. The molecule has 98 valence electrons. The van der Waals surface area contributed by atoms with E-state index in [1.807, 2.05) is 60.7 Å². The predicted octanol–water partition coefficient (Wildman–Crippen LogP) is 3.55. The summed E-state index contributed by atoms with van der Waals surface area (Å²) in [7, 11) is 0. The first-order valence-corrected chi connectivity index (χ1v) is 6.27. The summed E-state index contributed by atoms with van der Waals surface area (Å²) in [6.07, 6.45) is 3.48. The van der Waals surface area contributed by atoms with Crippen LogP contribution in [0, 0.1) is 0 Å². The summed E-state index contributed by atoms with van der Waals surface area (Å²) < 4.78 is 0. The van der Waals surface area contributed by atoms with Gasteiger partial charge >= 0.3 is 6.01 Å². The number of benzene rings is 2. The maximum Gasteiger partial charge on any atom is 0.342 e. The van der Waals surface area contributed by atoms with Crippen LogP contribution >= 0.6 is 0 Å². The van der Waals surface area contributed by atoms with Crippen molar-refractivity contribution in [1.82, 2.24) is 9.97 Å². The quantitative estimate of drug-likeness (QED) is 0.731. The van der Waals surface area contributed by atoms with Crippen molar-refractivity contribution in [3.05, 3.63) is 73.1 Å². The Labute approximate surface area is 117 Å². The van der Waals surface area contributed by atoms with Crippen LogP contribution in [0.3, 0.4) is 0 Å². The Bertz CT molecular complexity index is 654. The third-order valence-electron chi connectivity index (χ3n) is 2.77. The molecule has 1 N–H and O–H groups in total. The van der Waals surface area contributed by atoms with Gasteiger partial charge < -0.3 is 4.84 Å². The molecule has 4 heteroatoms. The molecule has 0 aliphatic carbocycles. The second-order valence-electron chi connectivity index (χ2n) is 4.19. The molecule has 0 fully saturated rings. The average Bonchev–Trinajstić information content (AvgIpc) is 2.55. The highest BCUT2D eigenvalue weighted by Gasteiger charge is 2.01. The minimum Gasteiger partial charge on any atom is -0.340 e. The summed E-state index contributed by atoms with van der Waals surface area (Å²) in [5.74, 6) is 0. The van der Waals surface area contributed by atoms with E-state index in [9.17, 15) is 0 Å². The molecule has 0 saturated heterocycles. The number of nitrogens with one attached hydrogen (secondary N) is 1. The molecule has 0 amide bonds. The number of nitrogens with zero attached hydrogens (tertiary/aromatic N) is 2. The van der Waals surface area contributed by atoms with Gasteiger partial charge in [0.25, 0.3) is 0 Å². The van der Waals surface area contributed by atoms with Crippen LogP contribution in [-0.2, 0) is 0 Å². The van der Waals surface area contributed by atoms with Gasteiger partial charge in [-0.25, -0.2) is 15.4 Å². The minimum absolute atomic E-state index is 0.286. The first kappa shape index (κ1) is 12.2. The molecular formula is C16H13N3O. The molecule has 0 radical (unpaired) electrons. The van der Waals surface area contributed by atoms with Crippen molar-refractivity contribution in [2.24, 2.45) is 0 Å². The van der Waals surface area contributed by atoms with E-state index in [1.54, 1.807) is 12.4 Å². The zero-order valence-electron chi connectivity index (χ0n) is 10.7. The van der Waals surface area contributed by atoms with Crippen molar-refractivity contribution in [2.45, 2.75) is 0 Å². The summed E-state index contributed by atoms with van der Waals surface area (Å²) in [4.78, 5) is 13.7. The normalized spacial score (nSPS) is 10.0. The Balaban J connectivity index is 1.68. The summed E-state index contributed by atoms with van der Waals surface area (Å²) in [6, 6.07) is 19.8. The van der Waals surface area contributed by atoms with Crippen LogP contribution in [0.15, 0.2) is 73.1 Å². The average molecular weight is 263 g/mol. The van der Waals surface area contributed by atoms with Crippen LogP contribution in [0.2, 0.25) is 0 Å². The lowest BCUT2D eigenvalue weighted by molar-refractivity contribution is 0.371. The second-order valence-corrected chi connectivity index (χ2v) is 4.19. The van der Waals surface area contributed by atoms with E-state index in [4.69, 9.17) is 4.84 Å². The van der Waals surface area contributed by atoms with Gasteiger partial charge in [-0.1, -0.05) is 48.5 Å². The van der Waals surface area contributed by atoms with E-state index in [0.717, 1.165) is 16.8 Å². The maximum absolute atomic E-state index is 5.31. The predicted molar refractivity (Wildman–Crippen MR) is 78.2 cm³/mol. The maximum atomic E-state index is 5.31. The lowest BCUT2D eigenvalue weighted by Gasteiger charge is -2.06. The van der Waals surface area contributed by atoms with Crippen LogP contribution in [-0.4, -0.2) is 9.97 Å². The van der Waals surface area contributed by atoms with E-state index in [0.29, 0.717) is 0 Å². The van der Waals surface area contributed by atoms with Crippen LogP contribution in [0.1, 0.15) is 0 Å². The highest BCUT2D eigenvalue weighted by Crippen LogP contribution is 2.17. The molecule has 3 rings (SSSR count). The summed E-state index contributed by atoms with van der Waals surface area (Å²) >= 11 is 0. The second kappa shape index (κ2) is 5.84. The van der Waals surface area contributed by atoms with Crippen molar-refractivity contribution in [1.29, 1.82) is 0 Å². The summed E-state index contributed by atoms with van der Waals surface area (Å²) in [5.41, 5.74) is 5.68. The number of hydrogen-bond acceptors (Lipinski definition) is 4. The highest BCUT2D eigenvalue weighted by atomic mass is 16.7. The number of hydrogen-bond donors (Lipinski definition) is 1. The molecule has 0 bridgehead atoms. The fourth-order valence-electron chi connectivity index (χ4n) is 1.76. The molecule has 0 spiro atoms. The van der Waals surface area contributed by atoms with Gasteiger partial charge in [0, 0.05) is 18.0 Å². The molecular weight excluding hydrogens is 250 g/mol. The standard InChI is InChI=1S/C16H13N3O/c1-3-7-13(8-4-1)14-11-17-16(18-12-14)20-19-15-9-5-2-6-10-15/h1-12,19H. The van der Waals surface area contributed by atoms with Gasteiger partial charge in [-0.2, -0.15) is 0 Å². The van der Waals surface area contributed by atoms with E-state index in [2.05, 4.69) is 15.4 Å². The molecule has 0 aliphatic rings. The Morgan fingerprint density at radius 2 is 1.30 bits per heavy atom. The van der Waals surface area contributed by atoms with Gasteiger partial charge in [-0.15, -0.1) is 0 Å². The first-order valence-electron chi connectivity index (χ1n) is 6.27. The lowest BCUT2D eigenvalue weighted by Crippen LogP contribution is -2.07. The number of para-hydroxylation sites is 1. The first-order chi connectivity index (χ1) is 9.92. The number of aromatic nitrogens is 2. The lowest BCUT2D eigenvalue weighted by atomic mass is 10.1. The zero-order chi connectivity index (χ0) is 13.6. The largest absolute Gasteiger partial charge is 0.342 e. The van der Waals surface area contributed by atoms with Crippen molar-refractivity contribution in [2.75, 3.05) is 5.48 Å². The Hall–Kier alpha value is -2.88. The molecule has 2 aromatic carbocycles. The highest BCUT2D eigenvalue weighted by molar-refractivity contribution is 5.61. The Kier molecular flexibility index (Phi) is 3.55. The van der Waals surface area contributed by atoms with Crippen molar-refractivity contribution in [3.8, 4) is 17.1 Å². The van der Waals surface area contributed by atoms with Gasteiger partial charge in [0.15, 0.2) is 0 Å². The van der Waals surface area contributed by atoms with Gasteiger partial charge in [0.05, 0.1) is 5.69 Å². The molecule has 3 aromatic rings. The Morgan fingerprint density at radius 3 is 1.95 bits per heavy atom. The van der Waals surface area contributed by atoms with E-state index >= 15 is 0 Å². The van der Waals surface area contributed by atoms with Crippen LogP contribution in [0.4, 0.5) is 5.69 Å². The van der Waals surface area contributed by atoms with E-state index < -0.39 is 0 Å². The Morgan fingerprint density at radius 1 is 0.700 bits per heavy atom. The van der Waals surface area contributed by atoms with Crippen LogP contribution in [0.5, 0.6) is 6.01 Å². The minimum atomic E-state index is 0.286. The molecule has 1 aromatic heterocycles. The number of anilines is 1. The fraction of sp³-hybridized carbons (Fsp3) is 0.